The second-order valence-electron chi connectivity index (χ2n) is 6.88. The number of nitrogens with one attached hydrogen (secondary N) is 1. The number of aliphatic hydroxyl groups is 2. The highest BCUT2D eigenvalue weighted by Gasteiger charge is 2.23. The molecule has 1 aliphatic rings. The van der Waals surface area contributed by atoms with E-state index in [4.69, 9.17) is 9.47 Å². The van der Waals surface area contributed by atoms with Gasteiger partial charge >= 0.3 is 6.09 Å². The van der Waals surface area contributed by atoms with Crippen LogP contribution in [0.25, 0.3) is 0 Å². The molecule has 2 heterocycles. The highest BCUT2D eigenvalue weighted by molar-refractivity contribution is 7.13. The lowest BCUT2D eigenvalue weighted by molar-refractivity contribution is 0.0103. The standard InChI is InChI=1S/C16H27N3O5S/c1-16(2,3)24-15(22)17-5-4-12(20)13(21)11-10-25-14(18-11)19-6-8-23-9-7-19/h10,12-13,20-21H,4-9H2,1-3H3,(H,17,22). The van der Waals surface area contributed by atoms with Gasteiger partial charge in [-0.25, -0.2) is 9.78 Å². The summed E-state index contributed by atoms with van der Waals surface area (Å²) in [5.41, 5.74) is -0.130. The number of rotatable bonds is 6. The fraction of sp³-hybridized carbons (Fsp3) is 0.750. The number of aliphatic hydroxyl groups excluding tert-OH is 2. The van der Waals surface area contributed by atoms with E-state index >= 15 is 0 Å². The third-order valence-electron chi connectivity index (χ3n) is 3.57. The first-order chi connectivity index (χ1) is 11.8. The van der Waals surface area contributed by atoms with Gasteiger partial charge in [-0.15, -0.1) is 11.3 Å². The van der Waals surface area contributed by atoms with Crippen LogP contribution in [0.1, 0.15) is 39.0 Å². The molecule has 0 aliphatic carbocycles. The van der Waals surface area contributed by atoms with E-state index in [1.807, 2.05) is 0 Å². The molecular formula is C16H27N3O5S. The summed E-state index contributed by atoms with van der Waals surface area (Å²) in [5, 5.41) is 25.5. The Bertz CT molecular complexity index is 554. The monoisotopic (exact) mass is 373 g/mol. The van der Waals surface area contributed by atoms with Crippen molar-refractivity contribution in [3.63, 3.8) is 0 Å². The molecule has 8 nitrogen and oxygen atoms in total. The zero-order valence-electron chi connectivity index (χ0n) is 14.9. The van der Waals surface area contributed by atoms with Gasteiger partial charge in [0.2, 0.25) is 0 Å². The van der Waals surface area contributed by atoms with Crippen LogP contribution in [0.4, 0.5) is 9.93 Å². The summed E-state index contributed by atoms with van der Waals surface area (Å²) < 4.78 is 10.4. The zero-order valence-corrected chi connectivity index (χ0v) is 15.7. The Labute approximate surface area is 151 Å². The third kappa shape index (κ3) is 6.43. The van der Waals surface area contributed by atoms with Crippen molar-refractivity contribution in [3.8, 4) is 0 Å². The Morgan fingerprint density at radius 3 is 2.76 bits per heavy atom. The molecule has 0 radical (unpaired) electrons. The predicted octanol–water partition coefficient (Wildman–Crippen LogP) is 1.29. The minimum absolute atomic E-state index is 0.199. The minimum Gasteiger partial charge on any atom is -0.444 e. The molecule has 0 saturated carbocycles. The number of ether oxygens (including phenoxy) is 2. The van der Waals surface area contributed by atoms with Crippen LogP contribution < -0.4 is 10.2 Å². The number of carbonyl (C=O) groups excluding carboxylic acids is 1. The van der Waals surface area contributed by atoms with E-state index in [1.165, 1.54) is 11.3 Å². The van der Waals surface area contributed by atoms with Gasteiger partial charge in [0.25, 0.3) is 0 Å². The predicted molar refractivity (Wildman–Crippen MR) is 95.0 cm³/mol. The summed E-state index contributed by atoms with van der Waals surface area (Å²) in [6, 6.07) is 0. The smallest absolute Gasteiger partial charge is 0.407 e. The van der Waals surface area contributed by atoms with Crippen LogP contribution in [0, 0.1) is 0 Å². The molecule has 1 aromatic rings. The normalized spacial score (nSPS) is 17.9. The zero-order chi connectivity index (χ0) is 18.4. The van der Waals surface area contributed by atoms with Gasteiger partial charge in [0.15, 0.2) is 5.13 Å². The van der Waals surface area contributed by atoms with Crippen LogP contribution in [0.15, 0.2) is 5.38 Å². The summed E-state index contributed by atoms with van der Waals surface area (Å²) in [5.74, 6) is 0. The molecule has 0 bridgehead atoms. The van der Waals surface area contributed by atoms with Crippen LogP contribution in [-0.4, -0.2) is 65.8 Å². The summed E-state index contributed by atoms with van der Waals surface area (Å²) in [7, 11) is 0. The fourth-order valence-electron chi connectivity index (χ4n) is 2.30. The quantitative estimate of drug-likeness (QED) is 0.690. The number of alkyl carbamates (subject to hydrolysis) is 1. The van der Waals surface area contributed by atoms with Crippen molar-refractivity contribution < 1.29 is 24.5 Å². The van der Waals surface area contributed by atoms with Crippen molar-refractivity contribution in [2.45, 2.75) is 45.0 Å². The number of morpholine rings is 1. The van der Waals surface area contributed by atoms with E-state index in [0.717, 1.165) is 18.2 Å². The molecule has 0 aromatic carbocycles. The fourth-order valence-corrected chi connectivity index (χ4v) is 3.21. The maximum Gasteiger partial charge on any atom is 0.407 e. The third-order valence-corrected chi connectivity index (χ3v) is 4.49. The highest BCUT2D eigenvalue weighted by Crippen LogP contribution is 2.27. The number of hydrogen-bond donors (Lipinski definition) is 3. The van der Waals surface area contributed by atoms with Crippen molar-refractivity contribution in [1.29, 1.82) is 0 Å². The molecule has 142 valence electrons. The van der Waals surface area contributed by atoms with Crippen molar-refractivity contribution in [2.24, 2.45) is 0 Å². The van der Waals surface area contributed by atoms with Crippen LogP contribution in [-0.2, 0) is 9.47 Å². The molecule has 25 heavy (non-hydrogen) atoms. The lowest BCUT2D eigenvalue weighted by Crippen LogP contribution is -2.36. The largest absolute Gasteiger partial charge is 0.444 e. The number of anilines is 1. The Hall–Kier alpha value is -1.42. The van der Waals surface area contributed by atoms with Gasteiger partial charge in [-0.2, -0.15) is 0 Å². The first-order valence-electron chi connectivity index (χ1n) is 8.37. The Morgan fingerprint density at radius 2 is 2.12 bits per heavy atom. The van der Waals surface area contributed by atoms with Crippen LogP contribution in [0.5, 0.6) is 0 Å². The first kappa shape index (κ1) is 19.9. The highest BCUT2D eigenvalue weighted by atomic mass is 32.1. The molecule has 1 aromatic heterocycles. The van der Waals surface area contributed by atoms with E-state index < -0.39 is 23.9 Å². The molecular weight excluding hydrogens is 346 g/mol. The van der Waals surface area contributed by atoms with Gasteiger partial charge in [0.1, 0.15) is 11.7 Å². The van der Waals surface area contributed by atoms with Gasteiger partial charge in [0, 0.05) is 25.0 Å². The number of hydrogen-bond acceptors (Lipinski definition) is 8. The summed E-state index contributed by atoms with van der Waals surface area (Å²) in [4.78, 5) is 18.1. The van der Waals surface area contributed by atoms with Crippen molar-refractivity contribution in [3.05, 3.63) is 11.1 Å². The average Bonchev–Trinajstić information content (AvgIpc) is 3.03. The molecule has 2 unspecified atom stereocenters. The second kappa shape index (κ2) is 8.79. The van der Waals surface area contributed by atoms with Crippen LogP contribution >= 0.6 is 11.3 Å². The maximum atomic E-state index is 11.6. The van der Waals surface area contributed by atoms with Gasteiger partial charge in [0.05, 0.1) is 25.0 Å². The van der Waals surface area contributed by atoms with E-state index in [9.17, 15) is 15.0 Å². The number of aromatic nitrogens is 1. The van der Waals surface area contributed by atoms with E-state index in [2.05, 4.69) is 15.2 Å². The molecule has 3 N–H and O–H groups in total. The molecule has 1 aliphatic heterocycles. The summed E-state index contributed by atoms with van der Waals surface area (Å²) >= 11 is 1.44. The Morgan fingerprint density at radius 1 is 1.44 bits per heavy atom. The molecule has 1 fully saturated rings. The minimum atomic E-state index is -1.09. The molecule has 1 saturated heterocycles. The van der Waals surface area contributed by atoms with Crippen molar-refractivity contribution in [1.82, 2.24) is 10.3 Å². The number of nitrogens with zero attached hydrogens (tertiary/aromatic N) is 2. The van der Waals surface area contributed by atoms with Gasteiger partial charge in [-0.3, -0.25) is 0 Å². The topological polar surface area (TPSA) is 104 Å². The van der Waals surface area contributed by atoms with Gasteiger partial charge in [-0.1, -0.05) is 0 Å². The summed E-state index contributed by atoms with van der Waals surface area (Å²) in [6.07, 6.45) is -2.45. The molecule has 2 rings (SSSR count). The van der Waals surface area contributed by atoms with Crippen molar-refractivity contribution in [2.75, 3.05) is 37.7 Å². The van der Waals surface area contributed by atoms with Crippen LogP contribution in [0.3, 0.4) is 0 Å². The van der Waals surface area contributed by atoms with E-state index in [-0.39, 0.29) is 13.0 Å². The van der Waals surface area contributed by atoms with E-state index in [1.54, 1.807) is 26.2 Å². The number of carbonyl (C=O) groups is 1. The summed E-state index contributed by atoms with van der Waals surface area (Å²) in [6.45, 7) is 8.40. The Kier molecular flexibility index (Phi) is 7.00. The van der Waals surface area contributed by atoms with Crippen LogP contribution in [0.2, 0.25) is 0 Å². The molecule has 1 amide bonds. The van der Waals surface area contributed by atoms with Gasteiger partial charge in [-0.05, 0) is 27.2 Å². The lowest BCUT2D eigenvalue weighted by Gasteiger charge is -2.26. The second-order valence-corrected chi connectivity index (χ2v) is 7.72. The van der Waals surface area contributed by atoms with E-state index in [0.29, 0.717) is 18.9 Å². The lowest BCUT2D eigenvalue weighted by atomic mass is 10.1. The number of thiazole rings is 1. The molecule has 0 spiro atoms. The maximum absolute atomic E-state index is 11.6. The van der Waals surface area contributed by atoms with Gasteiger partial charge < -0.3 is 29.9 Å². The van der Waals surface area contributed by atoms with Crippen molar-refractivity contribution >= 4 is 22.6 Å². The SMILES string of the molecule is CC(C)(C)OC(=O)NCCC(O)C(O)c1csc(N2CCOCC2)n1. The Balaban J connectivity index is 1.78. The first-order valence-corrected chi connectivity index (χ1v) is 9.25. The number of amides is 1. The molecule has 2 atom stereocenters. The molecule has 9 heteroatoms. The average molecular weight is 373 g/mol.